The van der Waals surface area contributed by atoms with E-state index in [0.717, 1.165) is 19.3 Å². The Bertz CT molecular complexity index is 358. The van der Waals surface area contributed by atoms with Crippen LogP contribution in [-0.2, 0) is 4.74 Å². The van der Waals surface area contributed by atoms with Crippen molar-refractivity contribution in [3.05, 3.63) is 23.2 Å². The van der Waals surface area contributed by atoms with Gasteiger partial charge in [-0.3, -0.25) is 4.72 Å². The van der Waals surface area contributed by atoms with Gasteiger partial charge in [-0.15, -0.1) is 0 Å². The van der Waals surface area contributed by atoms with E-state index in [-0.39, 0.29) is 16.6 Å². The zero-order chi connectivity index (χ0) is 14.5. The number of hydrogen-bond acceptors (Lipinski definition) is 3. The highest BCUT2D eigenvalue weighted by molar-refractivity contribution is 7.98. The van der Waals surface area contributed by atoms with E-state index in [1.165, 1.54) is 0 Å². The van der Waals surface area contributed by atoms with Gasteiger partial charge in [-0.2, -0.15) is 0 Å². The summed E-state index contributed by atoms with van der Waals surface area (Å²) >= 11 is 1.66. The molecule has 1 aliphatic rings. The molecule has 1 atom stereocenters. The Balaban J connectivity index is 2.87. The van der Waals surface area contributed by atoms with Crippen LogP contribution in [0, 0.1) is 0 Å². The summed E-state index contributed by atoms with van der Waals surface area (Å²) in [6.45, 7) is 8.55. The van der Waals surface area contributed by atoms with Gasteiger partial charge in [-0.05, 0) is 39.7 Å². The molecule has 0 bridgehead atoms. The van der Waals surface area contributed by atoms with Gasteiger partial charge < -0.3 is 4.74 Å². The minimum atomic E-state index is -0.0280. The predicted molar refractivity (Wildman–Crippen MR) is 81.6 cm³/mol. The van der Waals surface area contributed by atoms with Crippen molar-refractivity contribution in [3.8, 4) is 0 Å². The Kier molecular flexibility index (Phi) is 6.40. The van der Waals surface area contributed by atoms with Gasteiger partial charge in [0, 0.05) is 22.8 Å². The Morgan fingerprint density at radius 2 is 2.16 bits per heavy atom. The molecule has 1 unspecified atom stereocenters. The molecule has 0 aromatic rings. The van der Waals surface area contributed by atoms with Gasteiger partial charge in [0.15, 0.2) is 0 Å². The lowest BCUT2D eigenvalue weighted by Gasteiger charge is -2.28. The number of nitrogens with one attached hydrogen (secondary N) is 1. The molecule has 2 nitrogen and oxygen atoms in total. The highest BCUT2D eigenvalue weighted by Crippen LogP contribution is 2.32. The molecule has 0 saturated heterocycles. The van der Waals surface area contributed by atoms with Crippen LogP contribution in [0.3, 0.4) is 0 Å². The highest BCUT2D eigenvalue weighted by atomic mass is 32.2. The van der Waals surface area contributed by atoms with E-state index < -0.39 is 0 Å². The van der Waals surface area contributed by atoms with Crippen LogP contribution in [0.5, 0.6) is 0 Å². The zero-order valence-corrected chi connectivity index (χ0v) is 13.5. The van der Waals surface area contributed by atoms with Crippen LogP contribution in [0.2, 0.25) is 0 Å². The molecule has 0 heterocycles. The average molecular weight is 287 g/mol. The molecule has 1 rings (SSSR count). The van der Waals surface area contributed by atoms with Crippen LogP contribution in [0.15, 0.2) is 23.2 Å². The third kappa shape index (κ3) is 5.19. The molecular formula is C15H26FNOS. The van der Waals surface area contributed by atoms with Crippen molar-refractivity contribution in [2.45, 2.75) is 64.2 Å². The van der Waals surface area contributed by atoms with Crippen molar-refractivity contribution >= 4 is 11.9 Å². The molecule has 1 N–H and O–H groups in total. The Labute approximate surface area is 121 Å². The Morgan fingerprint density at radius 3 is 2.68 bits per heavy atom. The summed E-state index contributed by atoms with van der Waals surface area (Å²) in [5.41, 5.74) is 0.715. The molecule has 0 aliphatic heterocycles. The van der Waals surface area contributed by atoms with E-state index in [2.05, 4.69) is 32.4 Å². The van der Waals surface area contributed by atoms with E-state index in [0.29, 0.717) is 17.8 Å². The van der Waals surface area contributed by atoms with E-state index in [1.54, 1.807) is 19.1 Å². The topological polar surface area (TPSA) is 21.3 Å². The van der Waals surface area contributed by atoms with Crippen molar-refractivity contribution in [2.75, 3.05) is 7.11 Å². The summed E-state index contributed by atoms with van der Waals surface area (Å²) in [5, 5.41) is 0. The molecule has 0 fully saturated rings. The van der Waals surface area contributed by atoms with Gasteiger partial charge in [0.05, 0.1) is 7.11 Å². The van der Waals surface area contributed by atoms with Crippen molar-refractivity contribution in [1.82, 2.24) is 4.72 Å². The summed E-state index contributed by atoms with van der Waals surface area (Å²) in [5.74, 6) is 0.670. The quantitative estimate of drug-likeness (QED) is 0.713. The lowest BCUT2D eigenvalue weighted by molar-refractivity contribution is 0.285. The first-order valence-electron chi connectivity index (χ1n) is 6.95. The molecule has 19 heavy (non-hydrogen) atoms. The second-order valence-corrected chi connectivity index (χ2v) is 7.47. The first-order chi connectivity index (χ1) is 8.89. The number of halogens is 1. The maximum absolute atomic E-state index is 14.2. The zero-order valence-electron chi connectivity index (χ0n) is 12.7. The molecule has 0 radical (unpaired) electrons. The van der Waals surface area contributed by atoms with Gasteiger partial charge in [0.25, 0.3) is 0 Å². The first kappa shape index (κ1) is 16.6. The first-order valence-corrected chi connectivity index (χ1v) is 7.77. The standard InChI is InChI=1S/C15H26FNOS/c1-6-8-12(17-19-15(2,3)4)14-11(16)9-7-10-13(14)18-5/h10,12,17H,6-9H2,1-5H3. The molecule has 0 spiro atoms. The summed E-state index contributed by atoms with van der Waals surface area (Å²) in [4.78, 5) is 0. The summed E-state index contributed by atoms with van der Waals surface area (Å²) in [7, 11) is 1.62. The fourth-order valence-corrected chi connectivity index (χ4v) is 2.79. The van der Waals surface area contributed by atoms with Gasteiger partial charge in [-0.1, -0.05) is 25.3 Å². The van der Waals surface area contributed by atoms with E-state index in [9.17, 15) is 4.39 Å². The minimum Gasteiger partial charge on any atom is -0.497 e. The number of rotatable bonds is 6. The van der Waals surface area contributed by atoms with Gasteiger partial charge >= 0.3 is 0 Å². The van der Waals surface area contributed by atoms with E-state index in [4.69, 9.17) is 4.74 Å². The van der Waals surface area contributed by atoms with Crippen molar-refractivity contribution in [2.24, 2.45) is 0 Å². The van der Waals surface area contributed by atoms with E-state index in [1.807, 2.05) is 6.08 Å². The smallest absolute Gasteiger partial charge is 0.122 e. The van der Waals surface area contributed by atoms with Crippen LogP contribution in [0.1, 0.15) is 53.4 Å². The second-order valence-electron chi connectivity index (χ2n) is 5.80. The van der Waals surface area contributed by atoms with Crippen LogP contribution in [-0.4, -0.2) is 17.9 Å². The maximum atomic E-state index is 14.2. The van der Waals surface area contributed by atoms with Crippen LogP contribution < -0.4 is 4.72 Å². The van der Waals surface area contributed by atoms with Crippen LogP contribution >= 0.6 is 11.9 Å². The summed E-state index contributed by atoms with van der Waals surface area (Å²) < 4.78 is 23.1. The SMILES string of the molecule is CCCC(NSC(C)(C)C)C1=C(F)CCC=C1OC. The second kappa shape index (κ2) is 7.34. The van der Waals surface area contributed by atoms with Crippen LogP contribution in [0.25, 0.3) is 0 Å². The number of hydrogen-bond donors (Lipinski definition) is 1. The van der Waals surface area contributed by atoms with Crippen molar-refractivity contribution < 1.29 is 9.13 Å². The predicted octanol–water partition coefficient (Wildman–Crippen LogP) is 4.74. The van der Waals surface area contributed by atoms with Crippen molar-refractivity contribution in [1.29, 1.82) is 0 Å². The van der Waals surface area contributed by atoms with Gasteiger partial charge in [0.2, 0.25) is 0 Å². The lowest BCUT2D eigenvalue weighted by atomic mass is 9.95. The lowest BCUT2D eigenvalue weighted by Crippen LogP contribution is -2.31. The molecule has 0 aromatic heterocycles. The normalized spacial score (nSPS) is 18.3. The summed E-state index contributed by atoms with van der Waals surface area (Å²) in [6.07, 6.45) is 5.13. The van der Waals surface area contributed by atoms with E-state index >= 15 is 0 Å². The average Bonchev–Trinajstić information content (AvgIpc) is 2.33. The summed E-state index contributed by atoms with van der Waals surface area (Å²) in [6, 6.07) is 0.0146. The maximum Gasteiger partial charge on any atom is 0.122 e. The molecule has 1 aliphatic carbocycles. The molecular weight excluding hydrogens is 261 g/mol. The molecule has 110 valence electrons. The van der Waals surface area contributed by atoms with Crippen LogP contribution in [0.4, 0.5) is 4.39 Å². The highest BCUT2D eigenvalue weighted by Gasteiger charge is 2.26. The third-order valence-electron chi connectivity index (χ3n) is 2.90. The minimum absolute atomic E-state index is 0.0146. The number of methoxy groups -OCH3 is 1. The van der Waals surface area contributed by atoms with Gasteiger partial charge in [0.1, 0.15) is 11.6 Å². The third-order valence-corrected chi connectivity index (χ3v) is 3.92. The largest absolute Gasteiger partial charge is 0.497 e. The fraction of sp³-hybridized carbons (Fsp3) is 0.733. The monoisotopic (exact) mass is 287 g/mol. The molecule has 4 heteroatoms. The molecule has 0 aromatic carbocycles. The number of allylic oxidation sites excluding steroid dienone is 2. The molecule has 0 amide bonds. The fourth-order valence-electron chi connectivity index (χ4n) is 2.06. The van der Waals surface area contributed by atoms with Gasteiger partial charge in [-0.25, -0.2) is 4.39 Å². The number of ether oxygens (including phenoxy) is 1. The Hall–Kier alpha value is -0.480. The molecule has 0 saturated carbocycles. The Morgan fingerprint density at radius 1 is 1.47 bits per heavy atom. The van der Waals surface area contributed by atoms with Crippen molar-refractivity contribution in [3.63, 3.8) is 0 Å².